The maximum Gasteiger partial charge on any atom is 0.262 e. The lowest BCUT2D eigenvalue weighted by Gasteiger charge is -2.26. The van der Waals surface area contributed by atoms with E-state index >= 15 is 0 Å². The first-order chi connectivity index (χ1) is 11.4. The van der Waals surface area contributed by atoms with Crippen LogP contribution in [0.15, 0.2) is 47.4 Å². The Morgan fingerprint density at radius 3 is 2.67 bits per heavy atom. The minimum atomic E-state index is -3.77. The van der Waals surface area contributed by atoms with Gasteiger partial charge in [-0.25, -0.2) is 8.42 Å². The number of rotatable bonds is 4. The van der Waals surface area contributed by atoms with Crippen molar-refractivity contribution in [1.29, 1.82) is 0 Å². The molecule has 0 aromatic heterocycles. The normalized spacial score (nSPS) is 14.2. The summed E-state index contributed by atoms with van der Waals surface area (Å²) in [5.41, 5.74) is 1.71. The Kier molecular flexibility index (Phi) is 4.19. The molecule has 2 aromatic carbocycles. The van der Waals surface area contributed by atoms with Crippen LogP contribution in [-0.2, 0) is 16.4 Å². The van der Waals surface area contributed by atoms with Crippen LogP contribution in [0.1, 0.15) is 15.9 Å². The Morgan fingerprint density at radius 1 is 1.17 bits per heavy atom. The molecule has 0 spiro atoms. The van der Waals surface area contributed by atoms with E-state index in [9.17, 15) is 13.2 Å². The summed E-state index contributed by atoms with van der Waals surface area (Å²) in [6.45, 7) is 0.559. The molecule has 1 aliphatic rings. The van der Waals surface area contributed by atoms with Crippen LogP contribution in [0.5, 0.6) is 5.75 Å². The molecular formula is C17H18N2O4S. The standard InChI is InChI=1S/C17H18N2O4S/c1-19-10-9-14-15(17(19)20)7-4-8-16(14)18-24(21,22)13-6-3-5-12(11-13)23-2/h3-8,11,18H,9-10H2,1-2H3. The number of carbonyl (C=O) groups is 1. The summed E-state index contributed by atoms with van der Waals surface area (Å²) >= 11 is 0. The number of benzene rings is 2. The molecule has 1 heterocycles. The maximum atomic E-state index is 12.6. The molecular weight excluding hydrogens is 328 g/mol. The molecule has 6 nitrogen and oxygen atoms in total. The molecule has 0 radical (unpaired) electrons. The minimum absolute atomic E-state index is 0.0984. The molecule has 24 heavy (non-hydrogen) atoms. The van der Waals surface area contributed by atoms with Crippen molar-refractivity contribution in [3.05, 3.63) is 53.6 Å². The van der Waals surface area contributed by atoms with Gasteiger partial charge < -0.3 is 9.64 Å². The van der Waals surface area contributed by atoms with E-state index in [-0.39, 0.29) is 10.8 Å². The van der Waals surface area contributed by atoms with Crippen molar-refractivity contribution in [3.8, 4) is 5.75 Å². The molecule has 2 aromatic rings. The quantitative estimate of drug-likeness (QED) is 0.920. The van der Waals surface area contributed by atoms with Crippen molar-refractivity contribution < 1.29 is 17.9 Å². The summed E-state index contributed by atoms with van der Waals surface area (Å²) in [7, 11) is -0.550. The highest BCUT2D eigenvalue weighted by molar-refractivity contribution is 7.92. The molecule has 1 N–H and O–H groups in total. The number of hydrogen-bond donors (Lipinski definition) is 1. The summed E-state index contributed by atoms with van der Waals surface area (Å²) in [5, 5.41) is 0. The molecule has 7 heteroatoms. The van der Waals surface area contributed by atoms with E-state index in [0.717, 1.165) is 5.56 Å². The second-order valence-electron chi connectivity index (χ2n) is 5.59. The molecule has 0 unspecified atom stereocenters. The fraction of sp³-hybridized carbons (Fsp3) is 0.235. The van der Waals surface area contributed by atoms with E-state index < -0.39 is 10.0 Å². The lowest BCUT2D eigenvalue weighted by atomic mass is 9.98. The molecule has 126 valence electrons. The molecule has 0 saturated carbocycles. The van der Waals surface area contributed by atoms with Crippen molar-refractivity contribution in [3.63, 3.8) is 0 Å². The van der Waals surface area contributed by atoms with Crippen LogP contribution in [0, 0.1) is 0 Å². The van der Waals surface area contributed by atoms with Gasteiger partial charge in [-0.05, 0) is 36.2 Å². The van der Waals surface area contributed by atoms with Crippen molar-refractivity contribution >= 4 is 21.6 Å². The van der Waals surface area contributed by atoms with Gasteiger partial charge in [0, 0.05) is 25.2 Å². The average Bonchev–Trinajstić information content (AvgIpc) is 2.58. The van der Waals surface area contributed by atoms with Gasteiger partial charge in [0.1, 0.15) is 5.75 Å². The molecule has 1 amide bonds. The number of amides is 1. The van der Waals surface area contributed by atoms with Crippen LogP contribution in [0.3, 0.4) is 0 Å². The fourth-order valence-corrected chi connectivity index (χ4v) is 3.84. The second kappa shape index (κ2) is 6.16. The molecule has 1 aliphatic heterocycles. The van der Waals surface area contributed by atoms with E-state index in [2.05, 4.69) is 4.72 Å². The lowest BCUT2D eigenvalue weighted by Crippen LogP contribution is -2.34. The first kappa shape index (κ1) is 16.3. The summed E-state index contributed by atoms with van der Waals surface area (Å²) in [6, 6.07) is 11.3. The smallest absolute Gasteiger partial charge is 0.262 e. The first-order valence-corrected chi connectivity index (χ1v) is 8.95. The third kappa shape index (κ3) is 2.94. The highest BCUT2D eigenvalue weighted by Gasteiger charge is 2.25. The Bertz CT molecular complexity index is 893. The van der Waals surface area contributed by atoms with Crippen LogP contribution >= 0.6 is 0 Å². The van der Waals surface area contributed by atoms with Crippen molar-refractivity contribution in [2.75, 3.05) is 25.4 Å². The lowest BCUT2D eigenvalue weighted by molar-refractivity contribution is 0.0781. The van der Waals surface area contributed by atoms with Gasteiger partial charge in [-0.2, -0.15) is 0 Å². The number of anilines is 1. The minimum Gasteiger partial charge on any atom is -0.497 e. The van der Waals surface area contributed by atoms with Gasteiger partial charge in [0.2, 0.25) is 0 Å². The van der Waals surface area contributed by atoms with Crippen LogP contribution in [-0.4, -0.2) is 39.9 Å². The largest absolute Gasteiger partial charge is 0.497 e. The van der Waals surface area contributed by atoms with Gasteiger partial charge in [0.15, 0.2) is 0 Å². The number of carbonyl (C=O) groups excluding carboxylic acids is 1. The predicted molar refractivity (Wildman–Crippen MR) is 90.9 cm³/mol. The zero-order chi connectivity index (χ0) is 17.3. The highest BCUT2D eigenvalue weighted by Crippen LogP contribution is 2.28. The Balaban J connectivity index is 1.98. The third-order valence-corrected chi connectivity index (χ3v) is 5.41. The zero-order valence-electron chi connectivity index (χ0n) is 13.4. The van der Waals surface area contributed by atoms with Gasteiger partial charge in [0.25, 0.3) is 15.9 Å². The number of ether oxygens (including phenoxy) is 1. The third-order valence-electron chi connectivity index (χ3n) is 4.05. The summed E-state index contributed by atoms with van der Waals surface area (Å²) < 4.78 is 32.9. The molecule has 0 bridgehead atoms. The average molecular weight is 346 g/mol. The first-order valence-electron chi connectivity index (χ1n) is 7.46. The Labute approximate surface area is 141 Å². The van der Waals surface area contributed by atoms with Crippen molar-refractivity contribution in [1.82, 2.24) is 4.90 Å². The SMILES string of the molecule is COc1cccc(S(=O)(=O)Nc2cccc3c2CCN(C)C3=O)c1. The molecule has 3 rings (SSSR count). The summed E-state index contributed by atoms with van der Waals surface area (Å²) in [4.78, 5) is 14.0. The van der Waals surface area contributed by atoms with Crippen molar-refractivity contribution in [2.24, 2.45) is 0 Å². The number of likely N-dealkylation sites (N-methyl/N-ethyl adjacent to an activating group) is 1. The fourth-order valence-electron chi connectivity index (χ4n) is 2.71. The van der Waals surface area contributed by atoms with Crippen molar-refractivity contribution in [2.45, 2.75) is 11.3 Å². The maximum absolute atomic E-state index is 12.6. The Morgan fingerprint density at radius 2 is 1.92 bits per heavy atom. The molecule has 0 saturated heterocycles. The number of sulfonamides is 1. The van der Waals surface area contributed by atoms with Gasteiger partial charge in [-0.3, -0.25) is 9.52 Å². The van der Waals surface area contributed by atoms with Crippen LogP contribution in [0.4, 0.5) is 5.69 Å². The van der Waals surface area contributed by atoms with E-state index in [1.807, 2.05) is 0 Å². The summed E-state index contributed by atoms with van der Waals surface area (Å²) in [6.07, 6.45) is 0.606. The van der Waals surface area contributed by atoms with Crippen LogP contribution < -0.4 is 9.46 Å². The molecule has 0 atom stereocenters. The van der Waals surface area contributed by atoms with E-state index in [0.29, 0.717) is 30.0 Å². The Hall–Kier alpha value is -2.54. The van der Waals surface area contributed by atoms with E-state index in [1.165, 1.54) is 19.2 Å². The van der Waals surface area contributed by atoms with E-state index in [4.69, 9.17) is 4.74 Å². The topological polar surface area (TPSA) is 75.7 Å². The second-order valence-corrected chi connectivity index (χ2v) is 7.28. The predicted octanol–water partition coefficient (Wildman–Crippen LogP) is 2.12. The highest BCUT2D eigenvalue weighted by atomic mass is 32.2. The van der Waals surface area contributed by atoms with Crippen LogP contribution in [0.25, 0.3) is 0 Å². The van der Waals surface area contributed by atoms with Gasteiger partial charge in [0.05, 0.1) is 17.7 Å². The van der Waals surface area contributed by atoms with Crippen LogP contribution in [0.2, 0.25) is 0 Å². The monoisotopic (exact) mass is 346 g/mol. The molecule has 0 fully saturated rings. The van der Waals surface area contributed by atoms with Gasteiger partial charge in [-0.1, -0.05) is 12.1 Å². The molecule has 0 aliphatic carbocycles. The number of hydrogen-bond acceptors (Lipinski definition) is 4. The summed E-state index contributed by atoms with van der Waals surface area (Å²) in [5.74, 6) is 0.364. The number of nitrogens with one attached hydrogen (secondary N) is 1. The zero-order valence-corrected chi connectivity index (χ0v) is 14.3. The van der Waals surface area contributed by atoms with Gasteiger partial charge >= 0.3 is 0 Å². The van der Waals surface area contributed by atoms with Gasteiger partial charge in [-0.15, -0.1) is 0 Å². The number of nitrogens with zero attached hydrogens (tertiary/aromatic N) is 1. The number of methoxy groups -OCH3 is 1. The van der Waals surface area contributed by atoms with E-state index in [1.54, 1.807) is 42.3 Å². The number of fused-ring (bicyclic) bond motifs is 1.